The van der Waals surface area contributed by atoms with Gasteiger partial charge in [-0.1, -0.05) is 13.3 Å². The number of nitrogens with one attached hydrogen (secondary N) is 2. The molecule has 0 unspecified atom stereocenters. The second-order valence-corrected chi connectivity index (χ2v) is 2.26. The number of rotatable bonds is 3. The topological polar surface area (TPSA) is 41.1 Å². The zero-order chi connectivity index (χ0) is 9.11. The zero-order valence-corrected chi connectivity index (χ0v) is 8.03. The van der Waals surface area contributed by atoms with Gasteiger partial charge in [0.05, 0.1) is 0 Å². The maximum absolute atomic E-state index is 9.70. The van der Waals surface area contributed by atoms with Crippen LogP contribution < -0.4 is 10.6 Å². The zero-order valence-electron chi connectivity index (χ0n) is 8.03. The maximum Gasteiger partial charge on any atom is 0.216 e. The fraction of sp³-hybridized carbons (Fsp3) is 0.875. The van der Waals surface area contributed by atoms with E-state index in [1.165, 1.54) is 19.8 Å². The van der Waals surface area contributed by atoms with Crippen LogP contribution in [0.25, 0.3) is 0 Å². The Morgan fingerprint density at radius 2 is 1.82 bits per heavy atom. The van der Waals surface area contributed by atoms with E-state index in [0.717, 1.165) is 6.54 Å². The lowest BCUT2D eigenvalue weighted by Crippen LogP contribution is -2.11. The van der Waals surface area contributed by atoms with Gasteiger partial charge in [0.25, 0.3) is 0 Å². The van der Waals surface area contributed by atoms with Crippen molar-refractivity contribution in [1.29, 1.82) is 0 Å². The molecule has 0 bridgehead atoms. The van der Waals surface area contributed by atoms with Crippen LogP contribution in [0.2, 0.25) is 0 Å². The normalized spacial score (nSPS) is 8.00. The second kappa shape index (κ2) is 12.1. The molecule has 11 heavy (non-hydrogen) atoms. The van der Waals surface area contributed by atoms with Crippen LogP contribution >= 0.6 is 0 Å². The summed E-state index contributed by atoms with van der Waals surface area (Å²) in [7, 11) is 3.58. The van der Waals surface area contributed by atoms with Gasteiger partial charge in [0.2, 0.25) is 5.91 Å². The van der Waals surface area contributed by atoms with E-state index in [2.05, 4.69) is 17.6 Å². The van der Waals surface area contributed by atoms with Gasteiger partial charge in [-0.2, -0.15) is 0 Å². The molecule has 0 saturated carbocycles. The molecule has 0 aliphatic rings. The molecule has 0 aliphatic heterocycles. The monoisotopic (exact) mass is 160 g/mol. The summed E-state index contributed by atoms with van der Waals surface area (Å²) in [6, 6.07) is 0. The van der Waals surface area contributed by atoms with Gasteiger partial charge >= 0.3 is 0 Å². The molecule has 0 atom stereocenters. The lowest BCUT2D eigenvalue weighted by atomic mass is 10.3. The first-order valence-corrected chi connectivity index (χ1v) is 4.01. The highest BCUT2D eigenvalue weighted by molar-refractivity contribution is 5.72. The van der Waals surface area contributed by atoms with Crippen molar-refractivity contribution in [2.24, 2.45) is 0 Å². The summed E-state index contributed by atoms with van der Waals surface area (Å²) in [4.78, 5) is 9.70. The molecule has 0 aromatic heterocycles. The summed E-state index contributed by atoms with van der Waals surface area (Å²) in [5, 5.41) is 5.46. The minimum absolute atomic E-state index is 0.00463. The van der Waals surface area contributed by atoms with Crippen LogP contribution in [-0.2, 0) is 4.79 Å². The van der Waals surface area contributed by atoms with E-state index >= 15 is 0 Å². The third kappa shape index (κ3) is 26.5. The van der Waals surface area contributed by atoms with Gasteiger partial charge in [-0.15, -0.1) is 0 Å². The Morgan fingerprint density at radius 3 is 1.91 bits per heavy atom. The predicted octanol–water partition coefficient (Wildman–Crippen LogP) is 0.758. The van der Waals surface area contributed by atoms with Crippen LogP contribution in [0.3, 0.4) is 0 Å². The van der Waals surface area contributed by atoms with Crippen molar-refractivity contribution < 1.29 is 4.79 Å². The predicted molar refractivity (Wildman–Crippen MR) is 48.6 cm³/mol. The smallest absolute Gasteiger partial charge is 0.216 e. The van der Waals surface area contributed by atoms with Gasteiger partial charge in [0.15, 0.2) is 0 Å². The van der Waals surface area contributed by atoms with Gasteiger partial charge in [0, 0.05) is 14.0 Å². The Bertz CT molecular complexity index is 80.2. The van der Waals surface area contributed by atoms with E-state index in [1.807, 2.05) is 7.05 Å². The van der Waals surface area contributed by atoms with Crippen molar-refractivity contribution in [1.82, 2.24) is 10.6 Å². The van der Waals surface area contributed by atoms with E-state index in [9.17, 15) is 4.79 Å². The van der Waals surface area contributed by atoms with Gasteiger partial charge in [-0.05, 0) is 20.0 Å². The first-order chi connectivity index (χ1) is 5.18. The van der Waals surface area contributed by atoms with Gasteiger partial charge in [-0.25, -0.2) is 0 Å². The largest absolute Gasteiger partial charge is 0.359 e. The molecular formula is C8H20N2O. The number of carbonyl (C=O) groups is 1. The number of carbonyl (C=O) groups excluding carboxylic acids is 1. The highest BCUT2D eigenvalue weighted by Crippen LogP contribution is 1.79. The maximum atomic E-state index is 9.70. The fourth-order valence-electron chi connectivity index (χ4n) is 0.354. The Kier molecular flexibility index (Phi) is 14.4. The highest BCUT2D eigenvalue weighted by Gasteiger charge is 1.73. The molecule has 0 fully saturated rings. The third-order valence-corrected chi connectivity index (χ3v) is 1.13. The van der Waals surface area contributed by atoms with Crippen molar-refractivity contribution in [2.45, 2.75) is 26.7 Å². The molecular weight excluding hydrogens is 140 g/mol. The number of hydrogen-bond donors (Lipinski definition) is 2. The van der Waals surface area contributed by atoms with Crippen molar-refractivity contribution in [2.75, 3.05) is 20.6 Å². The summed E-state index contributed by atoms with van der Waals surface area (Å²) >= 11 is 0. The van der Waals surface area contributed by atoms with Crippen molar-refractivity contribution in [3.05, 3.63) is 0 Å². The number of unbranched alkanes of at least 4 members (excludes halogenated alkanes) is 1. The molecule has 0 aromatic rings. The van der Waals surface area contributed by atoms with Crippen LogP contribution in [-0.4, -0.2) is 26.5 Å². The minimum Gasteiger partial charge on any atom is -0.359 e. The molecule has 0 radical (unpaired) electrons. The Balaban J connectivity index is 0. The van der Waals surface area contributed by atoms with E-state index in [0.29, 0.717) is 0 Å². The fourth-order valence-corrected chi connectivity index (χ4v) is 0.354. The first-order valence-electron chi connectivity index (χ1n) is 4.01. The first kappa shape index (κ1) is 13.1. The van der Waals surface area contributed by atoms with Crippen LogP contribution in [0.15, 0.2) is 0 Å². The summed E-state index contributed by atoms with van der Waals surface area (Å²) in [6.07, 6.45) is 2.59. The lowest BCUT2D eigenvalue weighted by molar-refractivity contribution is -0.118. The molecule has 0 rings (SSSR count). The van der Waals surface area contributed by atoms with E-state index in [1.54, 1.807) is 7.05 Å². The molecule has 0 saturated heterocycles. The molecule has 0 aromatic carbocycles. The van der Waals surface area contributed by atoms with E-state index in [-0.39, 0.29) is 5.91 Å². The van der Waals surface area contributed by atoms with Crippen molar-refractivity contribution in [3.8, 4) is 0 Å². The van der Waals surface area contributed by atoms with Crippen molar-refractivity contribution in [3.63, 3.8) is 0 Å². The quantitative estimate of drug-likeness (QED) is 0.598. The van der Waals surface area contributed by atoms with Crippen LogP contribution in [0.4, 0.5) is 0 Å². The summed E-state index contributed by atoms with van der Waals surface area (Å²) in [6.45, 7) is 4.83. The Hall–Kier alpha value is -0.570. The van der Waals surface area contributed by atoms with E-state index in [4.69, 9.17) is 0 Å². The van der Waals surface area contributed by atoms with Crippen LogP contribution in [0.5, 0.6) is 0 Å². The van der Waals surface area contributed by atoms with Gasteiger partial charge in [0.1, 0.15) is 0 Å². The molecule has 0 heterocycles. The van der Waals surface area contributed by atoms with Crippen molar-refractivity contribution >= 4 is 5.91 Å². The van der Waals surface area contributed by atoms with Crippen LogP contribution in [0.1, 0.15) is 26.7 Å². The molecule has 3 nitrogen and oxygen atoms in total. The average molecular weight is 160 g/mol. The highest BCUT2D eigenvalue weighted by atomic mass is 16.1. The molecule has 0 aliphatic carbocycles. The van der Waals surface area contributed by atoms with Crippen LogP contribution in [0, 0.1) is 0 Å². The second-order valence-electron chi connectivity index (χ2n) is 2.26. The SMILES string of the molecule is CCCCNC.CNC(C)=O. The number of hydrogen-bond acceptors (Lipinski definition) is 2. The molecule has 2 N–H and O–H groups in total. The molecule has 1 amide bonds. The molecule has 3 heteroatoms. The van der Waals surface area contributed by atoms with E-state index < -0.39 is 0 Å². The Morgan fingerprint density at radius 1 is 1.36 bits per heavy atom. The molecule has 0 spiro atoms. The van der Waals surface area contributed by atoms with Gasteiger partial charge < -0.3 is 10.6 Å². The Labute approximate surface area is 69.6 Å². The third-order valence-electron chi connectivity index (χ3n) is 1.13. The summed E-state index contributed by atoms with van der Waals surface area (Å²) < 4.78 is 0. The minimum atomic E-state index is 0.00463. The summed E-state index contributed by atoms with van der Waals surface area (Å²) in [5.41, 5.74) is 0. The standard InChI is InChI=1S/C5H13N.C3H7NO/c1-3-4-5-6-2;1-3(5)4-2/h6H,3-5H2,1-2H3;1-2H3,(H,4,5). The molecule has 68 valence electrons. The number of amides is 1. The lowest BCUT2D eigenvalue weighted by Gasteiger charge is -1.89. The van der Waals surface area contributed by atoms with Gasteiger partial charge in [-0.3, -0.25) is 4.79 Å². The average Bonchev–Trinajstić information content (AvgIpc) is 2.02. The summed E-state index contributed by atoms with van der Waals surface area (Å²) in [5.74, 6) is 0.00463.